The van der Waals surface area contributed by atoms with Gasteiger partial charge in [-0.05, 0) is 30.2 Å². The lowest BCUT2D eigenvalue weighted by atomic mass is 10.1. The smallest absolute Gasteiger partial charge is 0.256 e. The molecular weight excluding hydrogens is 263 g/mol. The van der Waals surface area contributed by atoms with Crippen LogP contribution in [0, 0.1) is 0 Å². The lowest BCUT2D eigenvalue weighted by molar-refractivity contribution is -0.137. The largest absolute Gasteiger partial charge is 0.416 e. The van der Waals surface area contributed by atoms with E-state index in [1.165, 1.54) is 12.1 Å². The number of halogens is 3. The first-order valence-corrected chi connectivity index (χ1v) is 6.63. The van der Waals surface area contributed by atoms with E-state index >= 15 is 0 Å². The van der Waals surface area contributed by atoms with Crippen LogP contribution in [0.25, 0.3) is 11.3 Å². The van der Waals surface area contributed by atoms with E-state index in [0.29, 0.717) is 11.3 Å². The molecule has 108 valence electrons. The number of alkyl halides is 3. The molecule has 0 fully saturated rings. The van der Waals surface area contributed by atoms with Crippen LogP contribution < -0.4 is 0 Å². The molecule has 0 spiro atoms. The van der Waals surface area contributed by atoms with Gasteiger partial charge in [-0.1, -0.05) is 39.0 Å². The van der Waals surface area contributed by atoms with Crippen molar-refractivity contribution >= 4 is 0 Å². The highest BCUT2D eigenvalue weighted by Crippen LogP contribution is 2.30. The molecule has 0 unspecified atom stereocenters. The molecule has 2 rings (SSSR count). The summed E-state index contributed by atoms with van der Waals surface area (Å²) >= 11 is 0. The molecule has 0 saturated heterocycles. The van der Waals surface area contributed by atoms with Crippen LogP contribution in [0.15, 0.2) is 42.6 Å². The highest BCUT2D eigenvalue weighted by atomic mass is 19.4. The van der Waals surface area contributed by atoms with Crippen LogP contribution in [0.3, 0.4) is 0 Å². The maximum atomic E-state index is 12.4. The topological polar surface area (TPSA) is 12.9 Å². The molecule has 1 aromatic carbocycles. The zero-order valence-electron chi connectivity index (χ0n) is 11.8. The van der Waals surface area contributed by atoms with Gasteiger partial charge in [0, 0.05) is 11.8 Å². The van der Waals surface area contributed by atoms with Crippen LogP contribution in [0.2, 0.25) is 0 Å². The van der Waals surface area contributed by atoms with Crippen LogP contribution >= 0.6 is 0 Å². The number of benzene rings is 1. The van der Waals surface area contributed by atoms with Crippen molar-refractivity contribution in [3.05, 3.63) is 53.7 Å². The molecular formula is C16H18F3N. The van der Waals surface area contributed by atoms with E-state index in [4.69, 9.17) is 0 Å². The molecule has 0 bridgehead atoms. The van der Waals surface area contributed by atoms with Crippen molar-refractivity contribution in [3.8, 4) is 11.3 Å². The van der Waals surface area contributed by atoms with Crippen LogP contribution in [0.5, 0.6) is 0 Å². The Labute approximate surface area is 117 Å². The number of aryl methyl sites for hydroxylation is 1. The van der Waals surface area contributed by atoms with E-state index in [0.717, 1.165) is 24.1 Å². The maximum Gasteiger partial charge on any atom is 0.416 e. The predicted molar refractivity (Wildman–Crippen MR) is 75.4 cm³/mol. The average molecular weight is 281 g/mol. The van der Waals surface area contributed by atoms with Crippen LogP contribution in [0.1, 0.15) is 31.9 Å². The normalized spacial score (nSPS) is 10.7. The second-order valence-electron chi connectivity index (χ2n) is 3.98. The number of hydrogen-bond donors (Lipinski definition) is 0. The minimum atomic E-state index is -4.29. The van der Waals surface area contributed by atoms with E-state index in [2.05, 4.69) is 4.98 Å². The Morgan fingerprint density at radius 2 is 1.55 bits per heavy atom. The molecule has 0 N–H and O–H groups in total. The van der Waals surface area contributed by atoms with Crippen molar-refractivity contribution in [1.82, 2.24) is 4.98 Å². The third kappa shape index (κ3) is 4.08. The minimum absolute atomic E-state index is 0.642. The first kappa shape index (κ1) is 16.2. The molecule has 1 heterocycles. The molecule has 0 aliphatic rings. The van der Waals surface area contributed by atoms with E-state index < -0.39 is 11.7 Å². The van der Waals surface area contributed by atoms with Gasteiger partial charge in [0.15, 0.2) is 0 Å². The van der Waals surface area contributed by atoms with E-state index in [1.54, 1.807) is 6.20 Å². The summed E-state index contributed by atoms with van der Waals surface area (Å²) in [4.78, 5) is 4.23. The summed E-state index contributed by atoms with van der Waals surface area (Å²) in [5.74, 6) is 0. The molecule has 0 radical (unpaired) electrons. The fourth-order valence-electron chi connectivity index (χ4n) is 1.63. The quantitative estimate of drug-likeness (QED) is 0.722. The summed E-state index contributed by atoms with van der Waals surface area (Å²) in [5.41, 5.74) is 1.83. The van der Waals surface area contributed by atoms with E-state index in [-0.39, 0.29) is 0 Å². The van der Waals surface area contributed by atoms with Crippen molar-refractivity contribution in [1.29, 1.82) is 0 Å². The van der Waals surface area contributed by atoms with Gasteiger partial charge in [0.25, 0.3) is 0 Å². The fourth-order valence-corrected chi connectivity index (χ4v) is 1.63. The Bertz CT molecular complexity index is 513. The number of rotatable bonds is 2. The molecule has 0 amide bonds. The Morgan fingerprint density at radius 1 is 0.950 bits per heavy atom. The van der Waals surface area contributed by atoms with Gasteiger partial charge in [0.05, 0.1) is 11.3 Å². The standard InChI is InChI=1S/C14H12F3N.C2H6/c1-2-10-3-8-13(18-9-10)11-4-6-12(7-5-11)14(15,16)17;1-2/h3-9H,2H2,1H3;1-2H3. The summed E-state index contributed by atoms with van der Waals surface area (Å²) in [6, 6.07) is 8.78. The first-order valence-electron chi connectivity index (χ1n) is 6.63. The zero-order chi connectivity index (χ0) is 15.2. The van der Waals surface area contributed by atoms with E-state index in [1.807, 2.05) is 32.9 Å². The maximum absolute atomic E-state index is 12.4. The minimum Gasteiger partial charge on any atom is -0.256 e. The second-order valence-corrected chi connectivity index (χ2v) is 3.98. The monoisotopic (exact) mass is 281 g/mol. The first-order chi connectivity index (χ1) is 9.50. The third-order valence-electron chi connectivity index (χ3n) is 2.74. The highest BCUT2D eigenvalue weighted by Gasteiger charge is 2.29. The molecule has 0 saturated carbocycles. The van der Waals surface area contributed by atoms with Crippen molar-refractivity contribution in [2.45, 2.75) is 33.4 Å². The van der Waals surface area contributed by atoms with Gasteiger partial charge < -0.3 is 0 Å². The number of nitrogens with zero attached hydrogens (tertiary/aromatic N) is 1. The van der Waals surface area contributed by atoms with Crippen LogP contribution in [-0.4, -0.2) is 4.98 Å². The van der Waals surface area contributed by atoms with Gasteiger partial charge in [0.2, 0.25) is 0 Å². The van der Waals surface area contributed by atoms with Crippen molar-refractivity contribution < 1.29 is 13.2 Å². The number of pyridine rings is 1. The summed E-state index contributed by atoms with van der Waals surface area (Å²) in [7, 11) is 0. The van der Waals surface area contributed by atoms with Gasteiger partial charge in [-0.25, -0.2) is 0 Å². The fraction of sp³-hybridized carbons (Fsp3) is 0.312. The Hall–Kier alpha value is -1.84. The molecule has 20 heavy (non-hydrogen) atoms. The molecule has 0 atom stereocenters. The van der Waals surface area contributed by atoms with Crippen molar-refractivity contribution in [3.63, 3.8) is 0 Å². The van der Waals surface area contributed by atoms with Crippen molar-refractivity contribution in [2.24, 2.45) is 0 Å². The van der Waals surface area contributed by atoms with Gasteiger partial charge >= 0.3 is 6.18 Å². The summed E-state index contributed by atoms with van der Waals surface area (Å²) in [5, 5.41) is 0. The van der Waals surface area contributed by atoms with Gasteiger partial charge in [-0.2, -0.15) is 13.2 Å². The average Bonchev–Trinajstić information content (AvgIpc) is 2.49. The molecule has 0 aliphatic heterocycles. The Morgan fingerprint density at radius 3 is 1.95 bits per heavy atom. The van der Waals surface area contributed by atoms with Gasteiger partial charge in [0.1, 0.15) is 0 Å². The Kier molecular flexibility index (Phi) is 5.74. The second kappa shape index (κ2) is 7.08. The lowest BCUT2D eigenvalue weighted by Crippen LogP contribution is -2.04. The van der Waals surface area contributed by atoms with Gasteiger partial charge in [-0.3, -0.25) is 4.98 Å². The summed E-state index contributed by atoms with van der Waals surface area (Å²) < 4.78 is 37.2. The number of hydrogen-bond acceptors (Lipinski definition) is 1. The molecule has 2 aromatic rings. The molecule has 4 heteroatoms. The summed E-state index contributed by atoms with van der Waals surface area (Å²) in [6.45, 7) is 6.02. The third-order valence-corrected chi connectivity index (χ3v) is 2.74. The van der Waals surface area contributed by atoms with Crippen LogP contribution in [-0.2, 0) is 12.6 Å². The zero-order valence-corrected chi connectivity index (χ0v) is 11.8. The lowest BCUT2D eigenvalue weighted by Gasteiger charge is -2.07. The highest BCUT2D eigenvalue weighted by molar-refractivity contribution is 5.59. The molecule has 1 nitrogen and oxygen atoms in total. The van der Waals surface area contributed by atoms with E-state index in [9.17, 15) is 13.2 Å². The van der Waals surface area contributed by atoms with Gasteiger partial charge in [-0.15, -0.1) is 0 Å². The predicted octanol–water partition coefficient (Wildman–Crippen LogP) is 5.36. The van der Waals surface area contributed by atoms with Crippen LogP contribution in [0.4, 0.5) is 13.2 Å². The summed E-state index contributed by atoms with van der Waals surface area (Å²) in [6.07, 6.45) is -1.66. The van der Waals surface area contributed by atoms with Crippen molar-refractivity contribution in [2.75, 3.05) is 0 Å². The SMILES string of the molecule is CC.CCc1ccc(-c2ccc(C(F)(F)F)cc2)nc1. The number of aromatic nitrogens is 1. The Balaban J connectivity index is 0.000000956. The molecule has 1 aromatic heterocycles. The molecule has 0 aliphatic carbocycles.